The Morgan fingerprint density at radius 2 is 1.62 bits per heavy atom. The van der Waals surface area contributed by atoms with Crippen LogP contribution in [0.4, 0.5) is 10.1 Å². The van der Waals surface area contributed by atoms with Crippen LogP contribution in [0, 0.1) is 5.82 Å². The molecule has 1 N–H and O–H groups in total. The zero-order chi connectivity index (χ0) is 25.6. The third-order valence-corrected chi connectivity index (χ3v) is 7.34. The van der Waals surface area contributed by atoms with Crippen LogP contribution in [0.1, 0.15) is 26.3 Å². The minimum atomic E-state index is -4.21. The summed E-state index contributed by atoms with van der Waals surface area (Å²) in [5.41, 5.74) is 0.487. The summed E-state index contributed by atoms with van der Waals surface area (Å²) in [5, 5.41) is 2.77. The first-order valence-electron chi connectivity index (χ1n) is 10.6. The third kappa shape index (κ3) is 7.00. The largest absolute Gasteiger partial charge is 0.352 e. The van der Waals surface area contributed by atoms with Gasteiger partial charge in [-0.1, -0.05) is 40.2 Å². The molecule has 2 aromatic carbocycles. The van der Waals surface area contributed by atoms with Crippen molar-refractivity contribution in [2.75, 3.05) is 24.9 Å². The molecule has 0 bridgehead atoms. The molecular formula is C23H30BrFN4O4S. The number of carbonyl (C=O) groups excluding carboxylic acids is 2. The molecule has 0 saturated heterocycles. The standard InChI is InChI=1S/C23H30BrFN4O4S/c1-16(2)26-23(31)17(3)28(14-18-10-12-19(24)13-11-18)22(30)15-29(34(32,33)27(4)5)21-9-7-6-8-20(21)25/h6-13,16-17H,14-15H2,1-5H3,(H,26,31)/t17-/m0/s1. The molecule has 0 unspecified atom stereocenters. The maximum Gasteiger partial charge on any atom is 0.304 e. The zero-order valence-corrected chi connectivity index (χ0v) is 22.2. The number of amides is 2. The molecule has 0 aliphatic heterocycles. The number of nitrogens with one attached hydrogen (secondary N) is 1. The van der Waals surface area contributed by atoms with E-state index in [-0.39, 0.29) is 24.2 Å². The van der Waals surface area contributed by atoms with Crippen molar-refractivity contribution in [3.05, 3.63) is 64.4 Å². The number of halogens is 2. The summed E-state index contributed by atoms with van der Waals surface area (Å²) in [6.07, 6.45) is 0. The predicted octanol–water partition coefficient (Wildman–Crippen LogP) is 3.14. The fraction of sp³-hybridized carbons (Fsp3) is 0.391. The van der Waals surface area contributed by atoms with Crippen LogP contribution < -0.4 is 9.62 Å². The Kier molecular flexibility index (Phi) is 9.60. The zero-order valence-electron chi connectivity index (χ0n) is 19.8. The molecule has 11 heteroatoms. The van der Waals surface area contributed by atoms with Crippen LogP contribution in [-0.4, -0.2) is 62.2 Å². The summed E-state index contributed by atoms with van der Waals surface area (Å²) < 4.78 is 43.1. The van der Waals surface area contributed by atoms with Crippen molar-refractivity contribution in [2.24, 2.45) is 0 Å². The van der Waals surface area contributed by atoms with Crippen LogP contribution >= 0.6 is 15.9 Å². The smallest absolute Gasteiger partial charge is 0.304 e. The van der Waals surface area contributed by atoms with E-state index in [2.05, 4.69) is 21.2 Å². The first-order valence-corrected chi connectivity index (χ1v) is 12.8. The van der Waals surface area contributed by atoms with Crippen molar-refractivity contribution in [3.8, 4) is 0 Å². The highest BCUT2D eigenvalue weighted by molar-refractivity contribution is 9.10. The van der Waals surface area contributed by atoms with E-state index >= 15 is 0 Å². The van der Waals surface area contributed by atoms with Crippen LogP contribution in [0.5, 0.6) is 0 Å². The number of anilines is 1. The Hall–Kier alpha value is -2.50. The molecule has 34 heavy (non-hydrogen) atoms. The van der Waals surface area contributed by atoms with Crippen molar-refractivity contribution in [2.45, 2.75) is 39.4 Å². The number of carbonyl (C=O) groups is 2. The van der Waals surface area contributed by atoms with Crippen molar-refractivity contribution in [1.82, 2.24) is 14.5 Å². The Labute approximate surface area is 209 Å². The van der Waals surface area contributed by atoms with Crippen molar-refractivity contribution in [1.29, 1.82) is 0 Å². The van der Waals surface area contributed by atoms with Gasteiger partial charge in [-0.25, -0.2) is 8.70 Å². The number of benzene rings is 2. The number of hydrogen-bond acceptors (Lipinski definition) is 4. The molecule has 8 nitrogen and oxygen atoms in total. The molecule has 0 aromatic heterocycles. The predicted molar refractivity (Wildman–Crippen MR) is 134 cm³/mol. The van der Waals surface area contributed by atoms with Gasteiger partial charge < -0.3 is 10.2 Å². The SMILES string of the molecule is CC(C)NC(=O)[C@H](C)N(Cc1ccc(Br)cc1)C(=O)CN(c1ccccc1F)S(=O)(=O)N(C)C. The maximum atomic E-state index is 14.6. The third-order valence-electron chi connectivity index (χ3n) is 5.00. The van der Waals surface area contributed by atoms with Gasteiger partial charge in [0.05, 0.1) is 5.69 Å². The van der Waals surface area contributed by atoms with E-state index in [1.54, 1.807) is 45.0 Å². The average molecular weight is 557 g/mol. The highest BCUT2D eigenvalue weighted by Gasteiger charge is 2.33. The lowest BCUT2D eigenvalue weighted by Crippen LogP contribution is -2.53. The van der Waals surface area contributed by atoms with E-state index in [9.17, 15) is 22.4 Å². The van der Waals surface area contributed by atoms with Crippen molar-refractivity contribution < 1.29 is 22.4 Å². The monoisotopic (exact) mass is 556 g/mol. The summed E-state index contributed by atoms with van der Waals surface area (Å²) in [4.78, 5) is 27.5. The van der Waals surface area contributed by atoms with Crippen LogP contribution in [0.3, 0.4) is 0 Å². The van der Waals surface area contributed by atoms with E-state index < -0.39 is 34.5 Å². The lowest BCUT2D eigenvalue weighted by Gasteiger charge is -2.33. The minimum absolute atomic E-state index is 0.0614. The molecule has 2 aromatic rings. The molecular weight excluding hydrogens is 527 g/mol. The first kappa shape index (κ1) is 27.7. The van der Waals surface area contributed by atoms with Gasteiger partial charge in [0.15, 0.2) is 0 Å². The molecule has 2 amide bonds. The summed E-state index contributed by atoms with van der Waals surface area (Å²) in [7, 11) is -1.62. The Balaban J connectivity index is 2.46. The van der Waals surface area contributed by atoms with Gasteiger partial charge in [-0.2, -0.15) is 12.7 Å². The van der Waals surface area contributed by atoms with Crippen molar-refractivity contribution in [3.63, 3.8) is 0 Å². The fourth-order valence-corrected chi connectivity index (χ4v) is 4.46. The maximum absolute atomic E-state index is 14.6. The quantitative estimate of drug-likeness (QED) is 0.486. The average Bonchev–Trinajstić information content (AvgIpc) is 2.76. The molecule has 1 atom stereocenters. The van der Waals surface area contributed by atoms with Crippen LogP contribution in [0.2, 0.25) is 0 Å². The van der Waals surface area contributed by atoms with Crippen LogP contribution in [-0.2, 0) is 26.3 Å². The Bertz CT molecular complexity index is 1110. The lowest BCUT2D eigenvalue weighted by molar-refractivity contribution is -0.139. The summed E-state index contributed by atoms with van der Waals surface area (Å²) in [6, 6.07) is 11.5. The highest BCUT2D eigenvalue weighted by Crippen LogP contribution is 2.24. The summed E-state index contributed by atoms with van der Waals surface area (Å²) >= 11 is 3.36. The second-order valence-electron chi connectivity index (χ2n) is 8.24. The molecule has 0 radical (unpaired) electrons. The summed E-state index contributed by atoms with van der Waals surface area (Å²) in [6.45, 7) is 4.55. The number of hydrogen-bond donors (Lipinski definition) is 1. The molecule has 0 aliphatic rings. The number of nitrogens with zero attached hydrogens (tertiary/aromatic N) is 3. The fourth-order valence-electron chi connectivity index (χ4n) is 3.13. The molecule has 0 spiro atoms. The Morgan fingerprint density at radius 1 is 1.03 bits per heavy atom. The topological polar surface area (TPSA) is 90.0 Å². The molecule has 2 rings (SSSR count). The Morgan fingerprint density at radius 3 is 2.15 bits per heavy atom. The minimum Gasteiger partial charge on any atom is -0.352 e. The normalized spacial score (nSPS) is 12.5. The molecule has 186 valence electrons. The second kappa shape index (κ2) is 11.8. The van der Waals surface area contributed by atoms with Crippen molar-refractivity contribution >= 4 is 43.6 Å². The molecule has 0 fully saturated rings. The summed E-state index contributed by atoms with van der Waals surface area (Å²) in [5.74, 6) is -1.82. The first-order chi connectivity index (χ1) is 15.8. The molecule has 0 aliphatic carbocycles. The number of para-hydroxylation sites is 1. The van der Waals surface area contributed by atoms with E-state index in [0.29, 0.717) is 4.31 Å². The van der Waals surface area contributed by atoms with Gasteiger partial charge in [0.2, 0.25) is 11.8 Å². The van der Waals surface area contributed by atoms with Gasteiger partial charge in [-0.05, 0) is 50.6 Å². The van der Waals surface area contributed by atoms with E-state index in [4.69, 9.17) is 0 Å². The molecule has 0 saturated carbocycles. The highest BCUT2D eigenvalue weighted by atomic mass is 79.9. The van der Waals surface area contributed by atoms with Gasteiger partial charge in [0.1, 0.15) is 18.4 Å². The number of rotatable bonds is 10. The van der Waals surface area contributed by atoms with Gasteiger partial charge in [0.25, 0.3) is 0 Å². The lowest BCUT2D eigenvalue weighted by atomic mass is 10.1. The van der Waals surface area contributed by atoms with Gasteiger partial charge in [0, 0.05) is 31.2 Å². The van der Waals surface area contributed by atoms with E-state index in [1.807, 2.05) is 0 Å². The van der Waals surface area contributed by atoms with Gasteiger partial charge in [-0.15, -0.1) is 0 Å². The second-order valence-corrected chi connectivity index (χ2v) is 11.2. The van der Waals surface area contributed by atoms with Gasteiger partial charge >= 0.3 is 10.2 Å². The van der Waals surface area contributed by atoms with Gasteiger partial charge in [-0.3, -0.25) is 9.59 Å². The van der Waals surface area contributed by atoms with Crippen LogP contribution in [0.25, 0.3) is 0 Å². The van der Waals surface area contributed by atoms with Crippen LogP contribution in [0.15, 0.2) is 53.0 Å². The van der Waals surface area contributed by atoms with E-state index in [1.165, 1.54) is 37.2 Å². The van der Waals surface area contributed by atoms with E-state index in [0.717, 1.165) is 20.4 Å². The molecule has 0 heterocycles.